The molecule has 1 aromatic carbocycles. The van der Waals surface area contributed by atoms with Gasteiger partial charge in [-0.15, -0.1) is 0 Å². The van der Waals surface area contributed by atoms with Crippen LogP contribution in [0.1, 0.15) is 58.7 Å². The highest BCUT2D eigenvalue weighted by Crippen LogP contribution is 2.27. The highest BCUT2D eigenvalue weighted by atomic mass is 16.4. The molecular weight excluding hydrogens is 446 g/mol. The monoisotopic (exact) mass is 477 g/mol. The molecule has 9 nitrogen and oxygen atoms in total. The second-order valence-electron chi connectivity index (χ2n) is 8.93. The smallest absolute Gasteiger partial charge is 0.287 e. The highest BCUT2D eigenvalue weighted by Gasteiger charge is 2.31. The molecule has 0 saturated heterocycles. The van der Waals surface area contributed by atoms with Crippen molar-refractivity contribution in [3.63, 3.8) is 0 Å². The Morgan fingerprint density at radius 1 is 1.06 bits per heavy atom. The van der Waals surface area contributed by atoms with Crippen molar-refractivity contribution in [2.75, 3.05) is 7.05 Å². The van der Waals surface area contributed by atoms with Gasteiger partial charge in [-0.05, 0) is 36.5 Å². The molecule has 1 aliphatic rings. The number of likely N-dealkylation sites (N-methyl/N-ethyl adjacent to an activating group) is 1. The van der Waals surface area contributed by atoms with Gasteiger partial charge in [-0.25, -0.2) is 4.98 Å². The number of benzene rings is 1. The molecule has 3 N–H and O–H groups in total. The van der Waals surface area contributed by atoms with Gasteiger partial charge in [0.2, 0.25) is 5.91 Å². The standard InChI is InChI=1S/C26H31N5O4/c1-27-26(34)23(19-6-4-3-5-7-19)30-25(33)22-13-12-21(35-22)18-10-8-17(9-11-18)14-28-24(32)20-15-31(2)16-29-20/h8-13,15-16,19,23H,3-7,14H2,1-2H3,(H,27,34)(H,28,32)(H,30,33)/t23-/m0/s1. The van der Waals surface area contributed by atoms with Gasteiger partial charge < -0.3 is 24.9 Å². The minimum absolute atomic E-state index is 0.132. The molecule has 0 bridgehead atoms. The Kier molecular flexibility index (Phi) is 7.64. The Labute approximate surface area is 204 Å². The van der Waals surface area contributed by atoms with Crippen molar-refractivity contribution < 1.29 is 18.8 Å². The SMILES string of the molecule is CNC(=O)[C@@H](NC(=O)c1ccc(-c2ccc(CNC(=O)c3cn(C)cn3)cc2)o1)C1CCCCC1. The van der Waals surface area contributed by atoms with Gasteiger partial charge >= 0.3 is 0 Å². The molecule has 2 heterocycles. The Morgan fingerprint density at radius 3 is 2.46 bits per heavy atom. The van der Waals surface area contributed by atoms with Crippen molar-refractivity contribution in [2.45, 2.75) is 44.7 Å². The number of rotatable bonds is 8. The maximum Gasteiger partial charge on any atom is 0.287 e. The molecule has 35 heavy (non-hydrogen) atoms. The third-order valence-electron chi connectivity index (χ3n) is 6.40. The van der Waals surface area contributed by atoms with Gasteiger partial charge in [-0.3, -0.25) is 14.4 Å². The van der Waals surface area contributed by atoms with E-state index in [0.717, 1.165) is 36.8 Å². The van der Waals surface area contributed by atoms with Gasteiger partial charge in [-0.1, -0.05) is 43.5 Å². The lowest BCUT2D eigenvalue weighted by molar-refractivity contribution is -0.124. The number of amides is 3. The quantitative estimate of drug-likeness (QED) is 0.461. The second-order valence-corrected chi connectivity index (χ2v) is 8.93. The van der Waals surface area contributed by atoms with E-state index in [2.05, 4.69) is 20.9 Å². The normalized spacial score (nSPS) is 14.8. The van der Waals surface area contributed by atoms with Crippen LogP contribution >= 0.6 is 0 Å². The first-order chi connectivity index (χ1) is 16.9. The molecule has 1 atom stereocenters. The maximum absolute atomic E-state index is 12.9. The summed E-state index contributed by atoms with van der Waals surface area (Å²) in [6, 6.07) is 10.3. The Balaban J connectivity index is 1.37. The minimum Gasteiger partial charge on any atom is -0.451 e. The van der Waals surface area contributed by atoms with Gasteiger partial charge in [0.1, 0.15) is 17.5 Å². The molecule has 0 unspecified atom stereocenters. The van der Waals surface area contributed by atoms with Gasteiger partial charge in [0, 0.05) is 32.4 Å². The number of nitrogens with zero attached hydrogens (tertiary/aromatic N) is 2. The molecule has 0 aliphatic heterocycles. The highest BCUT2D eigenvalue weighted by molar-refractivity contribution is 5.96. The lowest BCUT2D eigenvalue weighted by Gasteiger charge is -2.29. The maximum atomic E-state index is 12.9. The number of hydrogen-bond donors (Lipinski definition) is 3. The van der Waals surface area contributed by atoms with Crippen LogP contribution in [0.15, 0.2) is 53.3 Å². The summed E-state index contributed by atoms with van der Waals surface area (Å²) in [7, 11) is 3.40. The fourth-order valence-electron chi connectivity index (χ4n) is 4.44. The summed E-state index contributed by atoms with van der Waals surface area (Å²) in [5.74, 6) is 0.0317. The zero-order valence-electron chi connectivity index (χ0n) is 20.0. The third kappa shape index (κ3) is 5.98. The number of aryl methyl sites for hydroxylation is 1. The van der Waals surface area contributed by atoms with E-state index in [9.17, 15) is 14.4 Å². The van der Waals surface area contributed by atoms with E-state index in [-0.39, 0.29) is 23.5 Å². The van der Waals surface area contributed by atoms with Crippen LogP contribution in [0.5, 0.6) is 0 Å². The molecule has 2 aromatic heterocycles. The molecule has 3 amide bonds. The number of hydrogen-bond acceptors (Lipinski definition) is 5. The van der Waals surface area contributed by atoms with Crippen LogP contribution in [-0.4, -0.2) is 40.4 Å². The number of imidazole rings is 1. The first-order valence-corrected chi connectivity index (χ1v) is 11.9. The van der Waals surface area contributed by atoms with E-state index in [0.29, 0.717) is 18.0 Å². The predicted molar refractivity (Wildman–Crippen MR) is 130 cm³/mol. The summed E-state index contributed by atoms with van der Waals surface area (Å²) in [6.07, 6.45) is 8.41. The zero-order valence-corrected chi connectivity index (χ0v) is 20.0. The molecule has 1 aliphatic carbocycles. The van der Waals surface area contributed by atoms with Crippen molar-refractivity contribution >= 4 is 17.7 Å². The summed E-state index contributed by atoms with van der Waals surface area (Å²) in [5, 5.41) is 8.39. The topological polar surface area (TPSA) is 118 Å². The molecule has 9 heteroatoms. The van der Waals surface area contributed by atoms with Crippen LogP contribution in [0.25, 0.3) is 11.3 Å². The van der Waals surface area contributed by atoms with E-state index < -0.39 is 11.9 Å². The molecule has 0 radical (unpaired) electrons. The number of carbonyl (C=O) groups is 3. The van der Waals surface area contributed by atoms with E-state index in [4.69, 9.17) is 4.42 Å². The lowest BCUT2D eigenvalue weighted by atomic mass is 9.83. The van der Waals surface area contributed by atoms with Crippen LogP contribution in [0.4, 0.5) is 0 Å². The first kappa shape index (κ1) is 24.3. The van der Waals surface area contributed by atoms with Crippen molar-refractivity contribution in [2.24, 2.45) is 13.0 Å². The van der Waals surface area contributed by atoms with E-state index >= 15 is 0 Å². The number of furan rings is 1. The van der Waals surface area contributed by atoms with Crippen LogP contribution < -0.4 is 16.0 Å². The average Bonchev–Trinajstić information content (AvgIpc) is 3.56. The fourth-order valence-corrected chi connectivity index (χ4v) is 4.44. The first-order valence-electron chi connectivity index (χ1n) is 11.9. The molecular formula is C26H31N5O4. The van der Waals surface area contributed by atoms with Gasteiger partial charge in [0.25, 0.3) is 11.8 Å². The largest absolute Gasteiger partial charge is 0.451 e. The summed E-state index contributed by atoms with van der Waals surface area (Å²) in [4.78, 5) is 41.5. The second kappa shape index (κ2) is 11.0. The summed E-state index contributed by atoms with van der Waals surface area (Å²) in [5.41, 5.74) is 2.09. The average molecular weight is 478 g/mol. The molecule has 3 aromatic rings. The van der Waals surface area contributed by atoms with Gasteiger partial charge in [0.15, 0.2) is 5.76 Å². The summed E-state index contributed by atoms with van der Waals surface area (Å²) >= 11 is 0. The minimum atomic E-state index is -0.568. The van der Waals surface area contributed by atoms with Crippen LogP contribution in [0.3, 0.4) is 0 Å². The van der Waals surface area contributed by atoms with Crippen LogP contribution in [0, 0.1) is 5.92 Å². The molecule has 1 fully saturated rings. The number of carbonyl (C=O) groups excluding carboxylic acids is 3. The van der Waals surface area contributed by atoms with Crippen molar-refractivity contribution in [3.05, 3.63) is 65.9 Å². The third-order valence-corrected chi connectivity index (χ3v) is 6.40. The molecule has 1 saturated carbocycles. The van der Waals surface area contributed by atoms with Crippen molar-refractivity contribution in [1.29, 1.82) is 0 Å². The van der Waals surface area contributed by atoms with E-state index in [1.54, 1.807) is 36.3 Å². The Morgan fingerprint density at radius 2 is 1.80 bits per heavy atom. The lowest BCUT2D eigenvalue weighted by Crippen LogP contribution is -2.50. The number of nitrogens with one attached hydrogen (secondary N) is 3. The van der Waals surface area contributed by atoms with Gasteiger partial charge in [-0.2, -0.15) is 0 Å². The summed E-state index contributed by atoms with van der Waals surface area (Å²) < 4.78 is 7.53. The van der Waals surface area contributed by atoms with Crippen molar-refractivity contribution in [3.8, 4) is 11.3 Å². The fraction of sp³-hybridized carbons (Fsp3) is 0.385. The van der Waals surface area contributed by atoms with E-state index in [1.807, 2.05) is 31.3 Å². The summed E-state index contributed by atoms with van der Waals surface area (Å²) in [6.45, 7) is 0.365. The van der Waals surface area contributed by atoms with Crippen molar-refractivity contribution in [1.82, 2.24) is 25.5 Å². The molecule has 184 valence electrons. The Bertz CT molecular complexity index is 1170. The van der Waals surface area contributed by atoms with Crippen LogP contribution in [-0.2, 0) is 18.4 Å². The molecule has 4 rings (SSSR count). The van der Waals surface area contributed by atoms with Crippen LogP contribution in [0.2, 0.25) is 0 Å². The molecule has 0 spiro atoms. The van der Waals surface area contributed by atoms with E-state index in [1.165, 1.54) is 6.42 Å². The van der Waals surface area contributed by atoms with Gasteiger partial charge in [0.05, 0.1) is 6.33 Å². The predicted octanol–water partition coefficient (Wildman–Crippen LogP) is 3.03. The number of aromatic nitrogens is 2. The Hall–Kier alpha value is -3.88. The zero-order chi connectivity index (χ0) is 24.8.